The normalized spacial score (nSPS) is 23.7. The molecule has 0 aliphatic heterocycles. The van der Waals surface area contributed by atoms with Crippen LogP contribution in [0.25, 0.3) is 0 Å². The van der Waals surface area contributed by atoms with E-state index in [4.69, 9.17) is 23.2 Å². The van der Waals surface area contributed by atoms with Crippen LogP contribution in [0.2, 0.25) is 10.3 Å². The van der Waals surface area contributed by atoms with Crippen molar-refractivity contribution in [3.05, 3.63) is 28.0 Å². The summed E-state index contributed by atoms with van der Waals surface area (Å²) in [5.74, 6) is 0.346. The molecule has 1 saturated carbocycles. The number of nitrogens with one attached hydrogen (secondary N) is 1. The van der Waals surface area contributed by atoms with Crippen molar-refractivity contribution in [1.29, 1.82) is 0 Å². The molecule has 1 aromatic heterocycles. The van der Waals surface area contributed by atoms with Gasteiger partial charge in [-0.2, -0.15) is 0 Å². The third-order valence-corrected chi connectivity index (χ3v) is 4.24. The Morgan fingerprint density at radius 2 is 2.00 bits per heavy atom. The molecule has 2 atom stereocenters. The first-order chi connectivity index (χ1) is 9.08. The van der Waals surface area contributed by atoms with Gasteiger partial charge < -0.3 is 5.32 Å². The van der Waals surface area contributed by atoms with Gasteiger partial charge >= 0.3 is 0 Å². The summed E-state index contributed by atoms with van der Waals surface area (Å²) in [5.41, 5.74) is 0.391. The Hall–Kier alpha value is -0.800. The zero-order valence-corrected chi connectivity index (χ0v) is 12.5. The molecule has 1 aliphatic carbocycles. The highest BCUT2D eigenvalue weighted by Gasteiger charge is 2.23. The highest BCUT2D eigenvalue weighted by molar-refractivity contribution is 6.34. The van der Waals surface area contributed by atoms with E-state index in [1.54, 1.807) is 12.1 Å². The number of pyridine rings is 1. The molecular weight excluding hydrogens is 283 g/mol. The van der Waals surface area contributed by atoms with Crippen molar-refractivity contribution < 1.29 is 4.79 Å². The van der Waals surface area contributed by atoms with Crippen LogP contribution in [0, 0.1) is 5.92 Å². The lowest BCUT2D eigenvalue weighted by atomic mass is 9.97. The molecule has 1 heterocycles. The number of carbonyl (C=O) groups is 1. The van der Waals surface area contributed by atoms with Gasteiger partial charge in [0.25, 0.3) is 5.91 Å². The van der Waals surface area contributed by atoms with Crippen LogP contribution >= 0.6 is 23.2 Å². The van der Waals surface area contributed by atoms with Crippen molar-refractivity contribution in [3.63, 3.8) is 0 Å². The Morgan fingerprint density at radius 3 is 2.74 bits per heavy atom. The number of halogens is 2. The van der Waals surface area contributed by atoms with Gasteiger partial charge in [0.2, 0.25) is 0 Å². The van der Waals surface area contributed by atoms with E-state index in [1.165, 1.54) is 19.3 Å². The van der Waals surface area contributed by atoms with Gasteiger partial charge in [-0.05, 0) is 30.9 Å². The lowest BCUT2D eigenvalue weighted by Gasteiger charge is -2.22. The molecule has 0 bridgehead atoms. The summed E-state index contributed by atoms with van der Waals surface area (Å²) in [7, 11) is 0. The smallest absolute Gasteiger partial charge is 0.254 e. The van der Waals surface area contributed by atoms with Crippen LogP contribution in [0.1, 0.15) is 49.4 Å². The summed E-state index contributed by atoms with van der Waals surface area (Å²) in [6, 6.07) is 3.43. The Labute approximate surface area is 123 Å². The number of rotatable bonds is 2. The Kier molecular flexibility index (Phi) is 5.06. The van der Waals surface area contributed by atoms with Crippen LogP contribution in [0.3, 0.4) is 0 Å². The molecule has 2 rings (SSSR count). The Balaban J connectivity index is 2.07. The van der Waals surface area contributed by atoms with Gasteiger partial charge in [-0.1, -0.05) is 49.4 Å². The Morgan fingerprint density at radius 1 is 1.26 bits per heavy atom. The molecule has 0 aromatic carbocycles. The first-order valence-corrected chi connectivity index (χ1v) is 7.46. The molecule has 19 heavy (non-hydrogen) atoms. The van der Waals surface area contributed by atoms with Gasteiger partial charge in [-0.25, -0.2) is 4.98 Å². The minimum absolute atomic E-state index is 0.159. The zero-order valence-electron chi connectivity index (χ0n) is 11.0. The summed E-state index contributed by atoms with van der Waals surface area (Å²) < 4.78 is 0. The van der Waals surface area contributed by atoms with Gasteiger partial charge in [0.1, 0.15) is 10.3 Å². The maximum absolute atomic E-state index is 12.2. The second kappa shape index (κ2) is 6.58. The fourth-order valence-electron chi connectivity index (χ4n) is 2.54. The number of hydrogen-bond acceptors (Lipinski definition) is 2. The monoisotopic (exact) mass is 300 g/mol. The molecule has 1 aliphatic rings. The molecule has 104 valence electrons. The number of nitrogens with zero attached hydrogens (tertiary/aromatic N) is 1. The fourth-order valence-corrected chi connectivity index (χ4v) is 2.97. The van der Waals surface area contributed by atoms with Crippen LogP contribution < -0.4 is 5.32 Å². The third kappa shape index (κ3) is 3.83. The summed E-state index contributed by atoms with van der Waals surface area (Å²) in [6.45, 7) is 2.19. The van der Waals surface area contributed by atoms with Gasteiger partial charge in [0.05, 0.1) is 5.56 Å². The van der Waals surface area contributed by atoms with E-state index in [0.29, 0.717) is 16.6 Å². The Bertz CT molecular complexity index is 465. The molecule has 1 aromatic rings. The van der Waals surface area contributed by atoms with Crippen LogP contribution in [0.4, 0.5) is 0 Å². The fraction of sp³-hybridized carbons (Fsp3) is 0.571. The summed E-state index contributed by atoms with van der Waals surface area (Å²) >= 11 is 11.7. The molecule has 2 unspecified atom stereocenters. The van der Waals surface area contributed by atoms with E-state index in [-0.39, 0.29) is 17.1 Å². The van der Waals surface area contributed by atoms with Gasteiger partial charge in [-0.15, -0.1) is 0 Å². The highest BCUT2D eigenvalue weighted by Crippen LogP contribution is 2.24. The lowest BCUT2D eigenvalue weighted by Crippen LogP contribution is -2.39. The van der Waals surface area contributed by atoms with Gasteiger partial charge in [0, 0.05) is 6.04 Å². The largest absolute Gasteiger partial charge is 0.349 e. The number of carbonyl (C=O) groups excluding carboxylic acids is 1. The van der Waals surface area contributed by atoms with Gasteiger partial charge in [-0.3, -0.25) is 4.79 Å². The SMILES string of the molecule is CC1CCCCCC1NC(=O)c1ccc(Cl)nc1Cl. The van der Waals surface area contributed by atoms with Crippen molar-refractivity contribution in [1.82, 2.24) is 10.3 Å². The minimum Gasteiger partial charge on any atom is -0.349 e. The van der Waals surface area contributed by atoms with E-state index in [2.05, 4.69) is 17.2 Å². The molecule has 1 amide bonds. The molecule has 0 radical (unpaired) electrons. The van der Waals surface area contributed by atoms with Crippen molar-refractivity contribution in [2.24, 2.45) is 5.92 Å². The molecule has 5 heteroatoms. The predicted molar refractivity (Wildman–Crippen MR) is 77.8 cm³/mol. The van der Waals surface area contributed by atoms with Crippen LogP contribution in [-0.2, 0) is 0 Å². The second-order valence-electron chi connectivity index (χ2n) is 5.17. The molecule has 1 N–H and O–H groups in total. The second-order valence-corrected chi connectivity index (χ2v) is 5.91. The van der Waals surface area contributed by atoms with E-state index in [9.17, 15) is 4.79 Å². The topological polar surface area (TPSA) is 42.0 Å². The first kappa shape index (κ1) is 14.6. The first-order valence-electron chi connectivity index (χ1n) is 6.71. The molecule has 0 spiro atoms. The quantitative estimate of drug-likeness (QED) is 0.660. The van der Waals surface area contributed by atoms with E-state index in [0.717, 1.165) is 12.8 Å². The van der Waals surface area contributed by atoms with Crippen molar-refractivity contribution in [3.8, 4) is 0 Å². The predicted octanol–water partition coefficient (Wildman–Crippen LogP) is 4.09. The zero-order chi connectivity index (χ0) is 13.8. The van der Waals surface area contributed by atoms with Crippen molar-refractivity contribution in [2.75, 3.05) is 0 Å². The lowest BCUT2D eigenvalue weighted by molar-refractivity contribution is 0.0921. The van der Waals surface area contributed by atoms with Crippen LogP contribution in [0.15, 0.2) is 12.1 Å². The van der Waals surface area contributed by atoms with Gasteiger partial charge in [0.15, 0.2) is 0 Å². The highest BCUT2D eigenvalue weighted by atomic mass is 35.5. The minimum atomic E-state index is -0.159. The van der Waals surface area contributed by atoms with Crippen LogP contribution in [0.5, 0.6) is 0 Å². The molecule has 0 saturated heterocycles. The average molecular weight is 301 g/mol. The number of aromatic nitrogens is 1. The van der Waals surface area contributed by atoms with Crippen molar-refractivity contribution in [2.45, 2.75) is 45.1 Å². The van der Waals surface area contributed by atoms with E-state index in [1.807, 2.05) is 0 Å². The van der Waals surface area contributed by atoms with Crippen molar-refractivity contribution >= 4 is 29.1 Å². The molecular formula is C14H18Cl2N2O. The summed E-state index contributed by atoms with van der Waals surface area (Å²) in [6.07, 6.45) is 5.86. The molecule has 3 nitrogen and oxygen atoms in total. The molecule has 1 fully saturated rings. The summed E-state index contributed by atoms with van der Waals surface area (Å²) in [5, 5.41) is 3.53. The maximum atomic E-state index is 12.2. The van der Waals surface area contributed by atoms with E-state index >= 15 is 0 Å². The standard InChI is InChI=1S/C14H18Cl2N2O/c1-9-5-3-2-4-6-11(9)17-14(19)10-7-8-12(15)18-13(10)16/h7-9,11H,2-6H2,1H3,(H,17,19). The van der Waals surface area contributed by atoms with E-state index < -0.39 is 0 Å². The average Bonchev–Trinajstić information content (AvgIpc) is 2.55. The summed E-state index contributed by atoms with van der Waals surface area (Å²) in [4.78, 5) is 16.1. The van der Waals surface area contributed by atoms with Crippen LogP contribution in [-0.4, -0.2) is 16.9 Å². The maximum Gasteiger partial charge on any atom is 0.254 e. The third-order valence-electron chi connectivity index (χ3n) is 3.74. The number of hydrogen-bond donors (Lipinski definition) is 1. The number of amides is 1.